The highest BCUT2D eigenvalue weighted by Crippen LogP contribution is 2.22. The molecule has 0 aromatic carbocycles. The van der Waals surface area contributed by atoms with Gasteiger partial charge in [0, 0.05) is 17.3 Å². The number of aromatic nitrogens is 3. The SMILES string of the molecule is CC(C)c1nc(C(C)C)nc(C(C)(C)C)n1. The standard InChI is InChI=1S/C13H23N3/c1-8(2)10-14-11(9(3)4)16-12(15-10)13(5,6)7/h8-9H,1-7H3. The van der Waals surface area contributed by atoms with E-state index in [1.807, 2.05) is 0 Å². The Hall–Kier alpha value is -0.990. The van der Waals surface area contributed by atoms with E-state index < -0.39 is 0 Å². The second-order valence-corrected chi connectivity index (χ2v) is 5.93. The van der Waals surface area contributed by atoms with Crippen LogP contribution >= 0.6 is 0 Å². The third-order valence-corrected chi connectivity index (χ3v) is 2.37. The van der Waals surface area contributed by atoms with Crippen LogP contribution in [0, 0.1) is 0 Å². The molecule has 0 aliphatic heterocycles. The zero-order valence-electron chi connectivity index (χ0n) is 11.5. The molecular formula is C13H23N3. The minimum Gasteiger partial charge on any atom is -0.217 e. The van der Waals surface area contributed by atoms with Gasteiger partial charge in [0.1, 0.15) is 17.5 Å². The van der Waals surface area contributed by atoms with Gasteiger partial charge in [-0.05, 0) is 0 Å². The third kappa shape index (κ3) is 3.00. The second-order valence-electron chi connectivity index (χ2n) is 5.93. The van der Waals surface area contributed by atoms with Crippen LogP contribution in [0.15, 0.2) is 0 Å². The fourth-order valence-electron chi connectivity index (χ4n) is 1.26. The Labute approximate surface area is 98.7 Å². The molecule has 0 saturated heterocycles. The molecule has 1 heterocycles. The van der Waals surface area contributed by atoms with Crippen LogP contribution in [0.3, 0.4) is 0 Å². The lowest BCUT2D eigenvalue weighted by atomic mass is 9.95. The lowest BCUT2D eigenvalue weighted by Gasteiger charge is -2.19. The summed E-state index contributed by atoms with van der Waals surface area (Å²) < 4.78 is 0. The van der Waals surface area contributed by atoms with Crippen molar-refractivity contribution in [2.45, 2.75) is 65.7 Å². The summed E-state index contributed by atoms with van der Waals surface area (Å²) >= 11 is 0. The highest BCUT2D eigenvalue weighted by atomic mass is 15.0. The van der Waals surface area contributed by atoms with Crippen LogP contribution in [0.2, 0.25) is 0 Å². The van der Waals surface area contributed by atoms with Gasteiger partial charge in [-0.15, -0.1) is 0 Å². The van der Waals surface area contributed by atoms with Crippen molar-refractivity contribution >= 4 is 0 Å². The molecule has 16 heavy (non-hydrogen) atoms. The summed E-state index contributed by atoms with van der Waals surface area (Å²) in [6, 6.07) is 0. The van der Waals surface area contributed by atoms with E-state index in [9.17, 15) is 0 Å². The highest BCUT2D eigenvalue weighted by Gasteiger charge is 2.21. The van der Waals surface area contributed by atoms with Crippen LogP contribution < -0.4 is 0 Å². The minimum atomic E-state index is -0.0176. The van der Waals surface area contributed by atoms with Crippen molar-refractivity contribution in [3.63, 3.8) is 0 Å². The fraction of sp³-hybridized carbons (Fsp3) is 0.769. The predicted octanol–water partition coefficient (Wildman–Crippen LogP) is 3.42. The Morgan fingerprint density at radius 2 is 1.12 bits per heavy atom. The van der Waals surface area contributed by atoms with E-state index in [0.29, 0.717) is 11.8 Å². The van der Waals surface area contributed by atoms with E-state index in [2.05, 4.69) is 63.4 Å². The van der Waals surface area contributed by atoms with Gasteiger partial charge in [0.2, 0.25) is 0 Å². The lowest BCUT2D eigenvalue weighted by Crippen LogP contribution is -2.20. The molecule has 0 spiro atoms. The van der Waals surface area contributed by atoms with Gasteiger partial charge >= 0.3 is 0 Å². The molecule has 0 radical (unpaired) electrons. The number of nitrogens with zero attached hydrogens (tertiary/aromatic N) is 3. The quantitative estimate of drug-likeness (QED) is 0.768. The zero-order chi connectivity index (χ0) is 12.5. The first-order chi connectivity index (χ1) is 7.21. The van der Waals surface area contributed by atoms with Crippen LogP contribution in [0.5, 0.6) is 0 Å². The molecule has 0 amide bonds. The molecule has 3 nitrogen and oxygen atoms in total. The van der Waals surface area contributed by atoms with Gasteiger partial charge in [-0.1, -0.05) is 48.5 Å². The Balaban J connectivity index is 3.30. The molecule has 1 rings (SSSR count). The molecule has 3 heteroatoms. The van der Waals surface area contributed by atoms with E-state index in [-0.39, 0.29) is 5.41 Å². The van der Waals surface area contributed by atoms with Crippen molar-refractivity contribution in [3.05, 3.63) is 17.5 Å². The van der Waals surface area contributed by atoms with Crippen molar-refractivity contribution < 1.29 is 0 Å². The first-order valence-electron chi connectivity index (χ1n) is 5.98. The normalized spacial score (nSPS) is 12.6. The molecular weight excluding hydrogens is 198 g/mol. The summed E-state index contributed by atoms with van der Waals surface area (Å²) in [5.74, 6) is 3.41. The van der Waals surface area contributed by atoms with Crippen molar-refractivity contribution in [1.82, 2.24) is 15.0 Å². The summed E-state index contributed by atoms with van der Waals surface area (Å²) in [5.41, 5.74) is -0.0176. The number of hydrogen-bond donors (Lipinski definition) is 0. The maximum absolute atomic E-state index is 4.56. The molecule has 1 aromatic heterocycles. The van der Waals surface area contributed by atoms with E-state index in [4.69, 9.17) is 0 Å². The van der Waals surface area contributed by atoms with Gasteiger partial charge in [0.05, 0.1) is 0 Å². The molecule has 0 fully saturated rings. The molecule has 1 aromatic rings. The summed E-state index contributed by atoms with van der Waals surface area (Å²) in [6.45, 7) is 14.9. The van der Waals surface area contributed by atoms with Gasteiger partial charge in [0.25, 0.3) is 0 Å². The van der Waals surface area contributed by atoms with Crippen LogP contribution in [0.25, 0.3) is 0 Å². The van der Waals surface area contributed by atoms with E-state index in [0.717, 1.165) is 17.5 Å². The Bertz CT molecular complexity index is 336. The number of rotatable bonds is 2. The van der Waals surface area contributed by atoms with Crippen LogP contribution in [-0.2, 0) is 5.41 Å². The summed E-state index contributed by atoms with van der Waals surface area (Å²) in [5, 5.41) is 0. The molecule has 0 saturated carbocycles. The van der Waals surface area contributed by atoms with E-state index in [1.165, 1.54) is 0 Å². The highest BCUT2D eigenvalue weighted by molar-refractivity contribution is 5.09. The maximum atomic E-state index is 4.56. The second kappa shape index (κ2) is 4.48. The molecule has 90 valence electrons. The average molecular weight is 221 g/mol. The third-order valence-electron chi connectivity index (χ3n) is 2.37. The molecule has 0 atom stereocenters. The molecule has 0 bridgehead atoms. The minimum absolute atomic E-state index is 0.0176. The molecule has 0 aliphatic carbocycles. The largest absolute Gasteiger partial charge is 0.217 e. The van der Waals surface area contributed by atoms with Gasteiger partial charge in [-0.2, -0.15) is 0 Å². The first kappa shape index (κ1) is 13.1. The van der Waals surface area contributed by atoms with E-state index in [1.54, 1.807) is 0 Å². The maximum Gasteiger partial charge on any atom is 0.137 e. The Morgan fingerprint density at radius 3 is 1.38 bits per heavy atom. The van der Waals surface area contributed by atoms with Crippen molar-refractivity contribution in [1.29, 1.82) is 0 Å². The summed E-state index contributed by atoms with van der Waals surface area (Å²) in [4.78, 5) is 13.7. The molecule has 0 unspecified atom stereocenters. The Kier molecular flexibility index (Phi) is 3.66. The predicted molar refractivity (Wildman–Crippen MR) is 66.7 cm³/mol. The lowest BCUT2D eigenvalue weighted by molar-refractivity contribution is 0.520. The van der Waals surface area contributed by atoms with E-state index >= 15 is 0 Å². The van der Waals surface area contributed by atoms with Crippen LogP contribution in [0.4, 0.5) is 0 Å². The van der Waals surface area contributed by atoms with Crippen LogP contribution in [-0.4, -0.2) is 15.0 Å². The zero-order valence-corrected chi connectivity index (χ0v) is 11.5. The van der Waals surface area contributed by atoms with Crippen molar-refractivity contribution in [2.24, 2.45) is 0 Å². The number of hydrogen-bond acceptors (Lipinski definition) is 3. The van der Waals surface area contributed by atoms with Crippen molar-refractivity contribution in [2.75, 3.05) is 0 Å². The topological polar surface area (TPSA) is 38.7 Å². The Morgan fingerprint density at radius 1 is 0.750 bits per heavy atom. The van der Waals surface area contributed by atoms with Crippen molar-refractivity contribution in [3.8, 4) is 0 Å². The molecule has 0 N–H and O–H groups in total. The van der Waals surface area contributed by atoms with Gasteiger partial charge in [0.15, 0.2) is 0 Å². The smallest absolute Gasteiger partial charge is 0.137 e. The summed E-state index contributed by atoms with van der Waals surface area (Å²) in [6.07, 6.45) is 0. The van der Waals surface area contributed by atoms with Gasteiger partial charge < -0.3 is 0 Å². The first-order valence-corrected chi connectivity index (χ1v) is 5.98. The van der Waals surface area contributed by atoms with Crippen LogP contribution in [0.1, 0.15) is 77.8 Å². The average Bonchev–Trinajstić information content (AvgIpc) is 2.15. The molecule has 0 aliphatic rings. The monoisotopic (exact) mass is 221 g/mol. The van der Waals surface area contributed by atoms with Gasteiger partial charge in [-0.25, -0.2) is 15.0 Å². The fourth-order valence-corrected chi connectivity index (χ4v) is 1.26. The summed E-state index contributed by atoms with van der Waals surface area (Å²) in [7, 11) is 0. The van der Waals surface area contributed by atoms with Gasteiger partial charge in [-0.3, -0.25) is 0 Å².